The summed E-state index contributed by atoms with van der Waals surface area (Å²) in [4.78, 5) is 10.9. The van der Waals surface area contributed by atoms with Crippen molar-refractivity contribution in [3.63, 3.8) is 0 Å². The van der Waals surface area contributed by atoms with Crippen LogP contribution in [0.3, 0.4) is 0 Å². The molecule has 2 aromatic rings. The van der Waals surface area contributed by atoms with Crippen molar-refractivity contribution >= 4 is 17.7 Å². The summed E-state index contributed by atoms with van der Waals surface area (Å²) in [6.07, 6.45) is 0. The molecule has 2 rings (SSSR count). The maximum absolute atomic E-state index is 10.9. The van der Waals surface area contributed by atoms with Gasteiger partial charge in [0.05, 0.1) is 0 Å². The fourth-order valence-corrected chi connectivity index (χ4v) is 1.33. The second kappa shape index (κ2) is 3.72. The van der Waals surface area contributed by atoms with E-state index in [0.29, 0.717) is 5.76 Å². The Hall–Kier alpha value is -1.48. The number of thiol groups is 1. The summed E-state index contributed by atoms with van der Waals surface area (Å²) in [5.74, 6) is 0.954. The molecule has 0 unspecified atom stereocenters. The average molecular weight is 204 g/mol. The maximum Gasteiger partial charge on any atom is 0.251 e. The minimum atomic E-state index is -0.354. The number of rotatable bonds is 2. The van der Waals surface area contributed by atoms with Crippen molar-refractivity contribution in [3.8, 4) is 11.3 Å². The van der Waals surface area contributed by atoms with Crippen LogP contribution in [-0.2, 0) is 0 Å². The van der Waals surface area contributed by atoms with Crippen molar-refractivity contribution in [1.29, 1.82) is 0 Å². The van der Waals surface area contributed by atoms with E-state index < -0.39 is 0 Å². The quantitative estimate of drug-likeness (QED) is 0.762. The van der Waals surface area contributed by atoms with E-state index in [1.54, 1.807) is 12.1 Å². The van der Waals surface area contributed by atoms with Gasteiger partial charge in [0.25, 0.3) is 5.12 Å². The van der Waals surface area contributed by atoms with Gasteiger partial charge in [-0.3, -0.25) is 4.79 Å². The molecule has 0 N–H and O–H groups in total. The number of carbonyl (C=O) groups excluding carboxylic acids is 1. The van der Waals surface area contributed by atoms with Gasteiger partial charge in [0.15, 0.2) is 5.76 Å². The van der Waals surface area contributed by atoms with Gasteiger partial charge in [-0.05, 0) is 12.1 Å². The first-order valence-electron chi connectivity index (χ1n) is 4.16. The molecule has 0 radical (unpaired) electrons. The van der Waals surface area contributed by atoms with Crippen molar-refractivity contribution in [2.45, 2.75) is 0 Å². The molecule has 0 atom stereocenters. The number of hydrogen-bond acceptors (Lipinski definition) is 2. The Kier molecular flexibility index (Phi) is 2.41. The molecule has 0 saturated heterocycles. The molecule has 3 heteroatoms. The number of hydrogen-bond donors (Lipinski definition) is 1. The molecule has 2 nitrogen and oxygen atoms in total. The highest BCUT2D eigenvalue weighted by molar-refractivity contribution is 7.97. The third-order valence-electron chi connectivity index (χ3n) is 1.88. The lowest BCUT2D eigenvalue weighted by Crippen LogP contribution is -1.81. The third kappa shape index (κ3) is 1.72. The summed E-state index contributed by atoms with van der Waals surface area (Å²) in [6, 6.07) is 13.0. The van der Waals surface area contributed by atoms with E-state index in [1.807, 2.05) is 30.3 Å². The fraction of sp³-hybridized carbons (Fsp3) is 0. The van der Waals surface area contributed by atoms with Crippen LogP contribution >= 0.6 is 12.6 Å². The third-order valence-corrected chi connectivity index (χ3v) is 2.10. The van der Waals surface area contributed by atoms with Crippen LogP contribution in [-0.4, -0.2) is 5.12 Å². The summed E-state index contributed by atoms with van der Waals surface area (Å²) < 4.78 is 5.31. The molecule has 0 amide bonds. The Labute approximate surface area is 87.0 Å². The van der Waals surface area contributed by atoms with Gasteiger partial charge in [0.2, 0.25) is 0 Å². The normalized spacial score (nSPS) is 10.1. The van der Waals surface area contributed by atoms with Crippen LogP contribution in [0.4, 0.5) is 0 Å². The lowest BCUT2D eigenvalue weighted by Gasteiger charge is -1.94. The lowest BCUT2D eigenvalue weighted by molar-refractivity contribution is 0.106. The van der Waals surface area contributed by atoms with E-state index in [0.717, 1.165) is 5.56 Å². The number of carbonyl (C=O) groups is 1. The predicted molar refractivity (Wildman–Crippen MR) is 57.5 cm³/mol. The second-order valence-corrected chi connectivity index (χ2v) is 3.24. The molecule has 1 aromatic carbocycles. The van der Waals surface area contributed by atoms with Crippen molar-refractivity contribution < 1.29 is 9.21 Å². The highest BCUT2D eigenvalue weighted by Crippen LogP contribution is 2.22. The van der Waals surface area contributed by atoms with Gasteiger partial charge in [0.1, 0.15) is 5.76 Å². The topological polar surface area (TPSA) is 30.2 Å². The molecule has 0 bridgehead atoms. The molecule has 0 fully saturated rings. The Morgan fingerprint density at radius 2 is 1.79 bits per heavy atom. The van der Waals surface area contributed by atoms with Crippen molar-refractivity contribution in [2.75, 3.05) is 0 Å². The summed E-state index contributed by atoms with van der Waals surface area (Å²) in [5, 5.41) is -0.354. The highest BCUT2D eigenvalue weighted by atomic mass is 32.1. The van der Waals surface area contributed by atoms with Crippen LogP contribution in [0.25, 0.3) is 11.3 Å². The van der Waals surface area contributed by atoms with Gasteiger partial charge in [-0.2, -0.15) is 0 Å². The van der Waals surface area contributed by atoms with Gasteiger partial charge in [-0.1, -0.05) is 43.0 Å². The summed E-state index contributed by atoms with van der Waals surface area (Å²) >= 11 is 3.68. The number of furan rings is 1. The van der Waals surface area contributed by atoms with Gasteiger partial charge >= 0.3 is 0 Å². The monoisotopic (exact) mass is 204 g/mol. The smallest absolute Gasteiger partial charge is 0.251 e. The Balaban J connectivity index is 2.39. The van der Waals surface area contributed by atoms with Crippen LogP contribution in [0, 0.1) is 0 Å². The zero-order valence-electron chi connectivity index (χ0n) is 7.31. The molecule has 1 aromatic heterocycles. The molecule has 70 valence electrons. The summed E-state index contributed by atoms with van der Waals surface area (Å²) in [6.45, 7) is 0. The first-order valence-corrected chi connectivity index (χ1v) is 4.60. The Morgan fingerprint density at radius 1 is 1.07 bits per heavy atom. The molecule has 1 heterocycles. The van der Waals surface area contributed by atoms with Crippen LogP contribution in [0.2, 0.25) is 0 Å². The summed E-state index contributed by atoms with van der Waals surface area (Å²) in [7, 11) is 0. The van der Waals surface area contributed by atoms with Crippen LogP contribution in [0.1, 0.15) is 10.6 Å². The standard InChI is InChI=1S/C11H8O2S/c12-11(14)10-7-6-9(13-10)8-4-2-1-3-5-8/h1-7H,(H,12,14). The largest absolute Gasteiger partial charge is 0.452 e. The zero-order chi connectivity index (χ0) is 9.97. The molecule has 0 saturated carbocycles. The lowest BCUT2D eigenvalue weighted by atomic mass is 10.2. The van der Waals surface area contributed by atoms with E-state index >= 15 is 0 Å². The SMILES string of the molecule is O=C(S)c1ccc(-c2ccccc2)o1. The van der Waals surface area contributed by atoms with Crippen molar-refractivity contribution in [1.82, 2.24) is 0 Å². The Bertz CT molecular complexity index is 445. The van der Waals surface area contributed by atoms with Crippen LogP contribution in [0.15, 0.2) is 46.9 Å². The second-order valence-electron chi connectivity index (χ2n) is 2.84. The van der Waals surface area contributed by atoms with E-state index in [-0.39, 0.29) is 10.9 Å². The predicted octanol–water partition coefficient (Wildman–Crippen LogP) is 3.02. The van der Waals surface area contributed by atoms with E-state index in [2.05, 4.69) is 12.6 Å². The van der Waals surface area contributed by atoms with Crippen LogP contribution in [0.5, 0.6) is 0 Å². The number of benzene rings is 1. The van der Waals surface area contributed by atoms with E-state index in [9.17, 15) is 4.79 Å². The zero-order valence-corrected chi connectivity index (χ0v) is 8.20. The van der Waals surface area contributed by atoms with Gasteiger partial charge in [-0.25, -0.2) is 0 Å². The first kappa shape index (κ1) is 9.09. The minimum absolute atomic E-state index is 0.271. The van der Waals surface area contributed by atoms with Gasteiger partial charge in [-0.15, -0.1) is 0 Å². The van der Waals surface area contributed by atoms with E-state index in [1.165, 1.54) is 0 Å². The van der Waals surface area contributed by atoms with Crippen molar-refractivity contribution in [2.24, 2.45) is 0 Å². The summed E-state index contributed by atoms with van der Waals surface area (Å²) in [5.41, 5.74) is 0.952. The van der Waals surface area contributed by atoms with Crippen molar-refractivity contribution in [3.05, 3.63) is 48.2 Å². The fourth-order valence-electron chi connectivity index (χ4n) is 1.21. The van der Waals surface area contributed by atoms with Crippen LogP contribution < -0.4 is 0 Å². The van der Waals surface area contributed by atoms with E-state index in [4.69, 9.17) is 4.42 Å². The minimum Gasteiger partial charge on any atom is -0.452 e. The maximum atomic E-state index is 10.9. The molecule has 14 heavy (non-hydrogen) atoms. The molecule has 0 aliphatic carbocycles. The van der Waals surface area contributed by atoms with Gasteiger partial charge < -0.3 is 4.42 Å². The molecular formula is C11H8O2S. The molecule has 0 aliphatic heterocycles. The molecule has 0 spiro atoms. The molecule has 0 aliphatic rings. The average Bonchev–Trinajstić information content (AvgIpc) is 2.68. The highest BCUT2D eigenvalue weighted by Gasteiger charge is 2.07. The van der Waals surface area contributed by atoms with Gasteiger partial charge in [0, 0.05) is 5.56 Å². The molecular weight excluding hydrogens is 196 g/mol. The first-order chi connectivity index (χ1) is 6.77. The Morgan fingerprint density at radius 3 is 2.36 bits per heavy atom.